The van der Waals surface area contributed by atoms with Gasteiger partial charge in [-0.15, -0.1) is 0 Å². The van der Waals surface area contributed by atoms with Gasteiger partial charge < -0.3 is 9.47 Å². The number of hydrogen-bond acceptors (Lipinski definition) is 4. The minimum absolute atomic E-state index is 0.143. The highest BCUT2D eigenvalue weighted by Crippen LogP contribution is 2.48. The van der Waals surface area contributed by atoms with Gasteiger partial charge in [0, 0.05) is 6.42 Å². The molecule has 2 aromatic carbocycles. The van der Waals surface area contributed by atoms with E-state index in [0.717, 1.165) is 29.2 Å². The van der Waals surface area contributed by atoms with Crippen LogP contribution < -0.4 is 0 Å². The zero-order valence-corrected chi connectivity index (χ0v) is 18.5. The Balaban J connectivity index is 2.09. The third-order valence-electron chi connectivity index (χ3n) is 6.33. The summed E-state index contributed by atoms with van der Waals surface area (Å²) in [5, 5.41) is 2.25. The number of carbonyl (C=O) groups excluding carboxylic acids is 2. The van der Waals surface area contributed by atoms with Gasteiger partial charge in [0.2, 0.25) is 0 Å². The maximum Gasteiger partial charge on any atom is 0.323 e. The lowest BCUT2D eigenvalue weighted by molar-refractivity contribution is -0.173. The zero-order valence-electron chi connectivity index (χ0n) is 18.5. The normalized spacial score (nSPS) is 17.4. The summed E-state index contributed by atoms with van der Waals surface area (Å²) in [6.07, 6.45) is 6.41. The molecule has 0 radical (unpaired) electrons. The van der Waals surface area contributed by atoms with Gasteiger partial charge in [-0.25, -0.2) is 0 Å². The molecular formula is C26H34O4. The van der Waals surface area contributed by atoms with E-state index in [0.29, 0.717) is 12.8 Å². The van der Waals surface area contributed by atoms with Crippen LogP contribution >= 0.6 is 0 Å². The lowest BCUT2D eigenvalue weighted by Gasteiger charge is -2.39. The van der Waals surface area contributed by atoms with Gasteiger partial charge in [-0.1, -0.05) is 69.0 Å². The predicted octanol–water partition coefficient (Wildman–Crippen LogP) is 5.95. The molecule has 2 aromatic rings. The fourth-order valence-corrected chi connectivity index (χ4v) is 4.85. The van der Waals surface area contributed by atoms with Crippen LogP contribution in [0.4, 0.5) is 0 Å². The van der Waals surface area contributed by atoms with E-state index < -0.39 is 17.4 Å². The molecular weight excluding hydrogens is 376 g/mol. The molecule has 0 aromatic heterocycles. The first-order chi connectivity index (χ1) is 14.6. The molecule has 0 saturated carbocycles. The molecule has 3 rings (SSSR count). The van der Waals surface area contributed by atoms with Crippen LogP contribution in [0.25, 0.3) is 10.8 Å². The SMILES string of the molecule is CCCCCC[C@@H]1CC(C(=O)OCC)(C(=O)OCC)Cc2c1ccc1ccccc21. The van der Waals surface area contributed by atoms with Crippen molar-refractivity contribution in [3.63, 3.8) is 0 Å². The van der Waals surface area contributed by atoms with Crippen molar-refractivity contribution in [2.75, 3.05) is 13.2 Å². The number of hydrogen-bond donors (Lipinski definition) is 0. The molecule has 30 heavy (non-hydrogen) atoms. The third-order valence-corrected chi connectivity index (χ3v) is 6.33. The van der Waals surface area contributed by atoms with Crippen LogP contribution in [0.5, 0.6) is 0 Å². The Morgan fingerprint density at radius 2 is 1.63 bits per heavy atom. The van der Waals surface area contributed by atoms with E-state index in [1.165, 1.54) is 24.8 Å². The van der Waals surface area contributed by atoms with Crippen LogP contribution in [-0.2, 0) is 25.5 Å². The second-order valence-corrected chi connectivity index (χ2v) is 8.30. The molecule has 4 heteroatoms. The van der Waals surface area contributed by atoms with Crippen LogP contribution in [0.15, 0.2) is 36.4 Å². The van der Waals surface area contributed by atoms with Gasteiger partial charge in [-0.2, -0.15) is 0 Å². The van der Waals surface area contributed by atoms with Gasteiger partial charge in [0.15, 0.2) is 5.41 Å². The number of carbonyl (C=O) groups is 2. The molecule has 0 bridgehead atoms. The number of esters is 2. The Bertz CT molecular complexity index is 868. The Hall–Kier alpha value is -2.36. The topological polar surface area (TPSA) is 52.6 Å². The van der Waals surface area contributed by atoms with Crippen LogP contribution in [0.1, 0.15) is 76.3 Å². The summed E-state index contributed by atoms with van der Waals surface area (Å²) in [6, 6.07) is 12.6. The lowest BCUT2D eigenvalue weighted by Crippen LogP contribution is -2.47. The van der Waals surface area contributed by atoms with Gasteiger partial charge >= 0.3 is 11.9 Å². The first-order valence-electron chi connectivity index (χ1n) is 11.4. The quantitative estimate of drug-likeness (QED) is 0.291. The van der Waals surface area contributed by atoms with Crippen LogP contribution in [-0.4, -0.2) is 25.2 Å². The fraction of sp³-hybridized carbons (Fsp3) is 0.538. The van der Waals surface area contributed by atoms with Crippen LogP contribution in [0, 0.1) is 5.41 Å². The van der Waals surface area contributed by atoms with E-state index in [1.54, 1.807) is 13.8 Å². The highest BCUT2D eigenvalue weighted by molar-refractivity contribution is 6.02. The standard InChI is InChI=1S/C26H34O4/c1-4-7-8-9-13-20-17-26(24(27)29-5-2,25(28)30-6-3)18-23-21-14-11-10-12-19(21)15-16-22(20)23/h10-12,14-16,20H,4-9,13,17-18H2,1-3H3/t20-/m1/s1. The van der Waals surface area contributed by atoms with E-state index in [2.05, 4.69) is 31.2 Å². The van der Waals surface area contributed by atoms with Crippen molar-refractivity contribution in [3.05, 3.63) is 47.5 Å². The fourth-order valence-electron chi connectivity index (χ4n) is 4.85. The van der Waals surface area contributed by atoms with Crippen molar-refractivity contribution >= 4 is 22.7 Å². The first-order valence-corrected chi connectivity index (χ1v) is 11.4. The molecule has 0 spiro atoms. The molecule has 0 amide bonds. The van der Waals surface area contributed by atoms with Gasteiger partial charge in [0.25, 0.3) is 0 Å². The molecule has 0 aliphatic heterocycles. The number of benzene rings is 2. The Morgan fingerprint density at radius 1 is 0.933 bits per heavy atom. The third kappa shape index (κ3) is 4.38. The summed E-state index contributed by atoms with van der Waals surface area (Å²) in [5.41, 5.74) is 1.11. The largest absolute Gasteiger partial charge is 0.465 e. The molecule has 1 aliphatic carbocycles. The Morgan fingerprint density at radius 3 is 2.30 bits per heavy atom. The van der Waals surface area contributed by atoms with Crippen molar-refractivity contribution in [1.82, 2.24) is 0 Å². The van der Waals surface area contributed by atoms with E-state index in [4.69, 9.17) is 9.47 Å². The summed E-state index contributed by atoms with van der Waals surface area (Å²) in [4.78, 5) is 26.4. The Labute approximate surface area is 179 Å². The molecule has 4 nitrogen and oxygen atoms in total. The molecule has 0 saturated heterocycles. The van der Waals surface area contributed by atoms with Crippen LogP contribution in [0.2, 0.25) is 0 Å². The van der Waals surface area contributed by atoms with Crippen molar-refractivity contribution in [3.8, 4) is 0 Å². The second kappa shape index (κ2) is 10.1. The summed E-state index contributed by atoms with van der Waals surface area (Å²) in [5.74, 6) is -0.745. The van der Waals surface area contributed by atoms with Crippen molar-refractivity contribution < 1.29 is 19.1 Å². The maximum atomic E-state index is 13.2. The molecule has 1 aliphatic rings. The smallest absolute Gasteiger partial charge is 0.323 e. The van der Waals surface area contributed by atoms with Crippen molar-refractivity contribution in [1.29, 1.82) is 0 Å². The number of fused-ring (bicyclic) bond motifs is 3. The summed E-state index contributed by atoms with van der Waals surface area (Å²) in [6.45, 7) is 6.28. The summed E-state index contributed by atoms with van der Waals surface area (Å²) < 4.78 is 10.9. The first kappa shape index (κ1) is 22.3. The molecule has 1 atom stereocenters. The van der Waals surface area contributed by atoms with Gasteiger partial charge in [-0.05, 0) is 54.5 Å². The highest BCUT2D eigenvalue weighted by atomic mass is 16.6. The lowest BCUT2D eigenvalue weighted by atomic mass is 9.65. The average Bonchev–Trinajstić information content (AvgIpc) is 2.76. The minimum Gasteiger partial charge on any atom is -0.465 e. The molecule has 162 valence electrons. The summed E-state index contributed by atoms with van der Waals surface area (Å²) in [7, 11) is 0. The molecule has 0 N–H and O–H groups in total. The zero-order chi connectivity index (χ0) is 21.6. The maximum absolute atomic E-state index is 13.2. The van der Waals surface area contributed by atoms with Crippen LogP contribution in [0.3, 0.4) is 0 Å². The van der Waals surface area contributed by atoms with E-state index in [1.807, 2.05) is 12.1 Å². The number of ether oxygens (including phenoxy) is 2. The van der Waals surface area contributed by atoms with E-state index in [-0.39, 0.29) is 19.1 Å². The van der Waals surface area contributed by atoms with E-state index in [9.17, 15) is 9.59 Å². The second-order valence-electron chi connectivity index (χ2n) is 8.30. The van der Waals surface area contributed by atoms with Crippen molar-refractivity contribution in [2.45, 2.75) is 71.6 Å². The van der Waals surface area contributed by atoms with Gasteiger partial charge in [-0.3, -0.25) is 9.59 Å². The highest BCUT2D eigenvalue weighted by Gasteiger charge is 2.53. The van der Waals surface area contributed by atoms with Crippen molar-refractivity contribution in [2.24, 2.45) is 5.41 Å². The molecule has 0 unspecified atom stereocenters. The van der Waals surface area contributed by atoms with E-state index >= 15 is 0 Å². The molecule has 0 fully saturated rings. The van der Waals surface area contributed by atoms with Gasteiger partial charge in [0.1, 0.15) is 0 Å². The molecule has 0 heterocycles. The number of unbranched alkanes of at least 4 members (excludes halogenated alkanes) is 3. The average molecular weight is 411 g/mol. The Kier molecular flexibility index (Phi) is 7.52. The summed E-state index contributed by atoms with van der Waals surface area (Å²) >= 11 is 0. The monoisotopic (exact) mass is 410 g/mol. The number of rotatable bonds is 9. The minimum atomic E-state index is -1.27. The predicted molar refractivity (Wildman–Crippen MR) is 119 cm³/mol. The van der Waals surface area contributed by atoms with Gasteiger partial charge in [0.05, 0.1) is 13.2 Å².